The Labute approximate surface area is 220 Å². The van der Waals surface area contributed by atoms with E-state index in [9.17, 15) is 18.4 Å². The number of ether oxygens (including phenoxy) is 1. The zero-order valence-electron chi connectivity index (χ0n) is 19.8. The molecule has 0 bridgehead atoms. The molecule has 0 saturated carbocycles. The number of nitrogens with one attached hydrogen (secondary N) is 1. The lowest BCUT2D eigenvalue weighted by atomic mass is 10.1. The lowest BCUT2D eigenvalue weighted by molar-refractivity contribution is -0.121. The average Bonchev–Trinajstić information content (AvgIpc) is 3.38. The molecule has 9 nitrogen and oxygen atoms in total. The molecule has 190 valence electrons. The number of imide groups is 1. The minimum atomic E-state index is -2.37. The molecule has 1 aromatic heterocycles. The number of nitrogens with zero attached hydrogens (tertiary/aromatic N) is 3. The second kappa shape index (κ2) is 10.8. The molecule has 0 radical (unpaired) electrons. The van der Waals surface area contributed by atoms with Crippen LogP contribution in [-0.4, -0.2) is 42.5 Å². The van der Waals surface area contributed by atoms with Gasteiger partial charge in [0.2, 0.25) is 11.8 Å². The van der Waals surface area contributed by atoms with Crippen molar-refractivity contribution in [1.29, 1.82) is 0 Å². The SMILES string of the molecule is COc1ccc(N2C(=O)CC(Sc3nc4ccccc4n3CCc3ccc(NS(=O)[O-])cc3)C2=O)cc1. The first-order valence-electron chi connectivity index (χ1n) is 11.5. The van der Waals surface area contributed by atoms with E-state index in [1.807, 2.05) is 36.4 Å². The van der Waals surface area contributed by atoms with Gasteiger partial charge in [-0.1, -0.05) is 36.0 Å². The number of hydrogen-bond donors (Lipinski definition) is 1. The monoisotopic (exact) mass is 535 g/mol. The molecule has 2 heterocycles. The molecular weight excluding hydrogens is 512 g/mol. The van der Waals surface area contributed by atoms with E-state index in [1.54, 1.807) is 43.5 Å². The number of fused-ring (bicyclic) bond motifs is 1. The largest absolute Gasteiger partial charge is 0.755 e. The molecule has 2 unspecified atom stereocenters. The van der Waals surface area contributed by atoms with E-state index in [0.717, 1.165) is 16.6 Å². The number of benzene rings is 3. The maximum Gasteiger partial charge on any atom is 0.247 e. The van der Waals surface area contributed by atoms with Crippen molar-refractivity contribution in [3.63, 3.8) is 0 Å². The van der Waals surface area contributed by atoms with Gasteiger partial charge in [-0.25, -0.2) is 9.88 Å². The van der Waals surface area contributed by atoms with E-state index in [0.29, 0.717) is 35.2 Å². The normalized spacial score (nSPS) is 16.4. The zero-order valence-corrected chi connectivity index (χ0v) is 21.5. The van der Waals surface area contributed by atoms with E-state index in [4.69, 9.17) is 9.72 Å². The predicted octanol–water partition coefficient (Wildman–Crippen LogP) is 3.92. The van der Waals surface area contributed by atoms with Crippen molar-refractivity contribution < 1.29 is 23.1 Å². The number of aryl methyl sites for hydroxylation is 2. The highest BCUT2D eigenvalue weighted by Gasteiger charge is 2.41. The molecule has 1 aliphatic rings. The average molecular weight is 536 g/mol. The van der Waals surface area contributed by atoms with Crippen molar-refractivity contribution in [2.45, 2.75) is 29.8 Å². The maximum atomic E-state index is 13.3. The van der Waals surface area contributed by atoms with Gasteiger partial charge in [-0.05, 0) is 60.5 Å². The number of methoxy groups -OCH3 is 1. The van der Waals surface area contributed by atoms with Gasteiger partial charge in [-0.15, -0.1) is 0 Å². The third-order valence-electron chi connectivity index (χ3n) is 6.08. The number of carbonyl (C=O) groups excluding carboxylic acids is 2. The van der Waals surface area contributed by atoms with Gasteiger partial charge in [0.15, 0.2) is 5.16 Å². The number of hydrogen-bond acceptors (Lipinski definition) is 7. The van der Waals surface area contributed by atoms with Crippen molar-refractivity contribution in [2.24, 2.45) is 0 Å². The van der Waals surface area contributed by atoms with Gasteiger partial charge in [-0.2, -0.15) is 0 Å². The van der Waals surface area contributed by atoms with Crippen LogP contribution >= 0.6 is 11.8 Å². The third-order valence-corrected chi connectivity index (χ3v) is 7.66. The molecule has 1 fully saturated rings. The highest BCUT2D eigenvalue weighted by molar-refractivity contribution is 8.00. The van der Waals surface area contributed by atoms with Crippen LogP contribution in [0, 0.1) is 0 Å². The molecule has 2 amide bonds. The Morgan fingerprint density at radius 1 is 1.08 bits per heavy atom. The van der Waals surface area contributed by atoms with Crippen LogP contribution in [0.15, 0.2) is 78.0 Å². The molecule has 0 spiro atoms. The fourth-order valence-electron chi connectivity index (χ4n) is 4.26. The Kier molecular flexibility index (Phi) is 7.26. The van der Waals surface area contributed by atoms with Gasteiger partial charge in [0.1, 0.15) is 11.0 Å². The fourth-order valence-corrected chi connectivity index (χ4v) is 5.75. The minimum absolute atomic E-state index is 0.0915. The van der Waals surface area contributed by atoms with Crippen molar-refractivity contribution in [2.75, 3.05) is 16.7 Å². The summed E-state index contributed by atoms with van der Waals surface area (Å²) in [6.07, 6.45) is 0.762. The summed E-state index contributed by atoms with van der Waals surface area (Å²) in [5, 5.41) is 0.0902. The number of imidazole rings is 1. The van der Waals surface area contributed by atoms with Crippen molar-refractivity contribution in [3.8, 4) is 5.75 Å². The minimum Gasteiger partial charge on any atom is -0.755 e. The summed E-state index contributed by atoms with van der Waals surface area (Å²) < 4.78 is 31.2. The molecule has 11 heteroatoms. The highest BCUT2D eigenvalue weighted by atomic mass is 32.2. The summed E-state index contributed by atoms with van der Waals surface area (Å²) in [7, 11) is 1.56. The topological polar surface area (TPSA) is 117 Å². The Morgan fingerprint density at radius 3 is 2.51 bits per heavy atom. The molecule has 3 aromatic carbocycles. The maximum absolute atomic E-state index is 13.3. The van der Waals surface area contributed by atoms with Crippen molar-refractivity contribution in [1.82, 2.24) is 9.55 Å². The van der Waals surface area contributed by atoms with Gasteiger partial charge in [0.25, 0.3) is 0 Å². The number of thioether (sulfide) groups is 1. The van der Waals surface area contributed by atoms with Crippen LogP contribution in [0.2, 0.25) is 0 Å². The fraction of sp³-hybridized carbons (Fsp3) is 0.192. The number of para-hydroxylation sites is 2. The Bertz CT molecular complexity index is 1470. The first-order valence-corrected chi connectivity index (χ1v) is 13.5. The quantitative estimate of drug-likeness (QED) is 0.255. The summed E-state index contributed by atoms with van der Waals surface area (Å²) in [5.41, 5.74) is 3.78. The van der Waals surface area contributed by atoms with E-state index in [2.05, 4.69) is 9.29 Å². The molecule has 2 atom stereocenters. The molecular formula is C26H23N4O5S2-. The van der Waals surface area contributed by atoms with Gasteiger partial charge < -0.3 is 18.6 Å². The molecule has 1 aliphatic heterocycles. The highest BCUT2D eigenvalue weighted by Crippen LogP contribution is 2.35. The smallest absolute Gasteiger partial charge is 0.247 e. The van der Waals surface area contributed by atoms with Gasteiger partial charge in [0.05, 0.1) is 23.8 Å². The van der Waals surface area contributed by atoms with Crippen LogP contribution in [0.5, 0.6) is 5.75 Å². The second-order valence-corrected chi connectivity index (χ2v) is 10.2. The molecule has 1 N–H and O–H groups in total. The Hall–Kier alpha value is -3.67. The summed E-state index contributed by atoms with van der Waals surface area (Å²) in [4.78, 5) is 32.0. The second-order valence-electron chi connectivity index (χ2n) is 8.39. The molecule has 0 aliphatic carbocycles. The number of rotatable bonds is 9. The standard InChI is InChI=1S/C26H24N4O5S2/c1-35-20-12-10-19(11-13-20)30-24(31)16-23(25(30)32)36-26-27-21-4-2-3-5-22(21)29(26)15-14-17-6-8-18(9-7-17)28-37(33)34/h2-13,23,28H,14-16H2,1H3,(H,33,34)/p-1. The van der Waals surface area contributed by atoms with Crippen molar-refractivity contribution >= 4 is 57.3 Å². The summed E-state index contributed by atoms with van der Waals surface area (Å²) in [6, 6.07) is 21.8. The lowest BCUT2D eigenvalue weighted by Crippen LogP contribution is -2.31. The van der Waals surface area contributed by atoms with Crippen LogP contribution in [0.25, 0.3) is 11.0 Å². The third kappa shape index (κ3) is 5.38. The number of carbonyl (C=O) groups is 2. The lowest BCUT2D eigenvalue weighted by Gasteiger charge is -2.15. The zero-order chi connectivity index (χ0) is 25.9. The van der Waals surface area contributed by atoms with E-state index < -0.39 is 16.5 Å². The summed E-state index contributed by atoms with van der Waals surface area (Å²) in [6.45, 7) is 0.597. The first-order chi connectivity index (χ1) is 17.9. The number of anilines is 2. The van der Waals surface area contributed by atoms with Crippen LogP contribution in [0.1, 0.15) is 12.0 Å². The van der Waals surface area contributed by atoms with Crippen LogP contribution in [0.4, 0.5) is 11.4 Å². The number of aromatic nitrogens is 2. The first kappa shape index (κ1) is 25.0. The Morgan fingerprint density at radius 2 is 1.81 bits per heavy atom. The molecule has 5 rings (SSSR count). The van der Waals surface area contributed by atoms with Gasteiger partial charge in [-0.3, -0.25) is 13.8 Å². The molecule has 4 aromatic rings. The predicted molar refractivity (Wildman–Crippen MR) is 142 cm³/mol. The molecule has 1 saturated heterocycles. The van der Waals surface area contributed by atoms with E-state index in [1.165, 1.54) is 16.7 Å². The van der Waals surface area contributed by atoms with Gasteiger partial charge >= 0.3 is 0 Å². The summed E-state index contributed by atoms with van der Waals surface area (Å²) in [5.74, 6) is 0.134. The van der Waals surface area contributed by atoms with Crippen molar-refractivity contribution in [3.05, 3.63) is 78.4 Å². The van der Waals surface area contributed by atoms with Crippen LogP contribution in [0.3, 0.4) is 0 Å². The Balaban J connectivity index is 1.36. The van der Waals surface area contributed by atoms with E-state index in [-0.39, 0.29) is 18.2 Å². The van der Waals surface area contributed by atoms with Crippen LogP contribution < -0.4 is 14.4 Å². The molecule has 37 heavy (non-hydrogen) atoms. The summed E-state index contributed by atoms with van der Waals surface area (Å²) >= 11 is -1.07. The van der Waals surface area contributed by atoms with Crippen LogP contribution in [-0.2, 0) is 33.8 Å². The number of amides is 2. The van der Waals surface area contributed by atoms with E-state index >= 15 is 0 Å². The van der Waals surface area contributed by atoms with Gasteiger partial charge in [0, 0.05) is 29.9 Å².